The van der Waals surface area contributed by atoms with Crippen molar-refractivity contribution in [3.63, 3.8) is 0 Å². The van der Waals surface area contributed by atoms with Crippen LogP contribution < -0.4 is 5.32 Å². The van der Waals surface area contributed by atoms with E-state index in [0.717, 1.165) is 23.5 Å². The molecule has 0 saturated carbocycles. The topological polar surface area (TPSA) is 84.2 Å². The Morgan fingerprint density at radius 2 is 1.86 bits per heavy atom. The first kappa shape index (κ1) is 20.8. The zero-order valence-electron chi connectivity index (χ0n) is 17.5. The van der Waals surface area contributed by atoms with Gasteiger partial charge in [-0.25, -0.2) is 4.68 Å². The lowest BCUT2D eigenvalue weighted by atomic mass is 9.85. The van der Waals surface area contributed by atoms with Crippen molar-refractivity contribution >= 4 is 11.9 Å². The number of benzene rings is 1. The Morgan fingerprint density at radius 1 is 1.17 bits per heavy atom. The van der Waals surface area contributed by atoms with E-state index in [4.69, 9.17) is 10.2 Å². The van der Waals surface area contributed by atoms with Gasteiger partial charge in [-0.05, 0) is 37.8 Å². The molecule has 0 fully saturated rings. The number of carboxylic acids is 1. The lowest BCUT2D eigenvalue weighted by Crippen LogP contribution is -2.36. The molecule has 6 nitrogen and oxygen atoms in total. The molecule has 6 heteroatoms. The first-order chi connectivity index (χ1) is 13.7. The molecule has 1 aliphatic rings. The van der Waals surface area contributed by atoms with Crippen LogP contribution in [0.15, 0.2) is 42.5 Å². The Kier molecular flexibility index (Phi) is 5.91. The van der Waals surface area contributed by atoms with Gasteiger partial charge in [0.2, 0.25) is 5.91 Å². The van der Waals surface area contributed by atoms with Gasteiger partial charge in [0.25, 0.3) is 0 Å². The average molecular weight is 396 g/mol. The standard InChI is InChI=1S/C23H29N3O3/c1-15-22(16(2)26(25-15)19-8-6-5-7-9-19)17-10-11-18(12-17)24-20(27)13-23(3,4)14-21(28)29/h5-11,17-18H,12-14H2,1-4H3,(H,24,27)(H,28,29)/t17-,18-/m1/s1. The van der Waals surface area contributed by atoms with Crippen LogP contribution in [0, 0.1) is 19.3 Å². The van der Waals surface area contributed by atoms with Crippen LogP contribution in [0.25, 0.3) is 5.69 Å². The third-order valence-corrected chi connectivity index (χ3v) is 5.42. The number of nitrogens with zero attached hydrogens (tertiary/aromatic N) is 2. The van der Waals surface area contributed by atoms with Gasteiger partial charge in [0.15, 0.2) is 0 Å². The minimum Gasteiger partial charge on any atom is -0.481 e. The van der Waals surface area contributed by atoms with Gasteiger partial charge in [0.1, 0.15) is 0 Å². The quantitative estimate of drug-likeness (QED) is 0.696. The molecule has 0 aliphatic heterocycles. The number of carbonyl (C=O) groups is 2. The fraction of sp³-hybridized carbons (Fsp3) is 0.435. The second-order valence-electron chi connectivity index (χ2n) is 8.64. The molecule has 0 bridgehead atoms. The predicted molar refractivity (Wildman–Crippen MR) is 112 cm³/mol. The fourth-order valence-electron chi connectivity index (χ4n) is 4.20. The fourth-order valence-corrected chi connectivity index (χ4v) is 4.20. The molecule has 1 aromatic heterocycles. The molecule has 1 amide bonds. The van der Waals surface area contributed by atoms with Crippen LogP contribution in [0.1, 0.15) is 56.0 Å². The average Bonchev–Trinajstić information content (AvgIpc) is 3.17. The molecular formula is C23H29N3O3. The second-order valence-corrected chi connectivity index (χ2v) is 8.64. The van der Waals surface area contributed by atoms with Gasteiger partial charge in [-0.15, -0.1) is 0 Å². The number of carbonyl (C=O) groups excluding carboxylic acids is 1. The van der Waals surface area contributed by atoms with Crippen molar-refractivity contribution in [3.8, 4) is 5.69 Å². The molecule has 1 aliphatic carbocycles. The number of carboxylic acid groups (broad SMARTS) is 1. The van der Waals surface area contributed by atoms with E-state index in [1.807, 2.05) is 48.0 Å². The molecule has 29 heavy (non-hydrogen) atoms. The van der Waals surface area contributed by atoms with Gasteiger partial charge in [0.05, 0.1) is 17.8 Å². The van der Waals surface area contributed by atoms with E-state index in [9.17, 15) is 9.59 Å². The molecule has 0 spiro atoms. The minimum atomic E-state index is -0.884. The lowest BCUT2D eigenvalue weighted by molar-refractivity contribution is -0.139. The normalized spacial score (nSPS) is 18.8. The second kappa shape index (κ2) is 8.23. The maximum absolute atomic E-state index is 12.4. The maximum Gasteiger partial charge on any atom is 0.303 e. The van der Waals surface area contributed by atoms with Crippen LogP contribution in [-0.2, 0) is 9.59 Å². The van der Waals surface area contributed by atoms with Crippen LogP contribution in [0.3, 0.4) is 0 Å². The summed E-state index contributed by atoms with van der Waals surface area (Å²) in [4.78, 5) is 23.4. The Bertz CT molecular complexity index is 928. The first-order valence-corrected chi connectivity index (χ1v) is 9.97. The summed E-state index contributed by atoms with van der Waals surface area (Å²) in [6, 6.07) is 10.0. The van der Waals surface area contributed by atoms with Crippen LogP contribution in [0.5, 0.6) is 0 Å². The van der Waals surface area contributed by atoms with Gasteiger partial charge in [-0.2, -0.15) is 5.10 Å². The molecule has 2 atom stereocenters. The molecule has 3 rings (SSSR count). The number of rotatable bonds is 7. The summed E-state index contributed by atoms with van der Waals surface area (Å²) in [5.74, 6) is -0.797. The predicted octanol–water partition coefficient (Wildman–Crippen LogP) is 3.91. The molecule has 154 valence electrons. The molecular weight excluding hydrogens is 366 g/mol. The highest BCUT2D eigenvalue weighted by Crippen LogP contribution is 2.34. The number of aryl methyl sites for hydroxylation is 1. The van der Waals surface area contributed by atoms with Crippen molar-refractivity contribution in [2.24, 2.45) is 5.41 Å². The Morgan fingerprint density at radius 3 is 2.52 bits per heavy atom. The molecule has 1 aromatic carbocycles. The smallest absolute Gasteiger partial charge is 0.303 e. The van der Waals surface area contributed by atoms with E-state index in [1.54, 1.807) is 13.8 Å². The molecule has 2 N–H and O–H groups in total. The van der Waals surface area contributed by atoms with Crippen molar-refractivity contribution < 1.29 is 14.7 Å². The van der Waals surface area contributed by atoms with Crippen LogP contribution in [0.2, 0.25) is 0 Å². The van der Waals surface area contributed by atoms with Gasteiger partial charge < -0.3 is 10.4 Å². The number of aliphatic carboxylic acids is 1. The van der Waals surface area contributed by atoms with Crippen LogP contribution in [-0.4, -0.2) is 32.8 Å². The van der Waals surface area contributed by atoms with Crippen LogP contribution >= 0.6 is 0 Å². The summed E-state index contributed by atoms with van der Waals surface area (Å²) >= 11 is 0. The summed E-state index contributed by atoms with van der Waals surface area (Å²) in [5, 5.41) is 16.8. The summed E-state index contributed by atoms with van der Waals surface area (Å²) in [6.07, 6.45) is 5.12. The van der Waals surface area contributed by atoms with Gasteiger partial charge in [-0.3, -0.25) is 9.59 Å². The van der Waals surface area contributed by atoms with Gasteiger partial charge >= 0.3 is 5.97 Å². The van der Waals surface area contributed by atoms with E-state index < -0.39 is 11.4 Å². The van der Waals surface area contributed by atoms with E-state index in [2.05, 4.69) is 18.3 Å². The van der Waals surface area contributed by atoms with E-state index in [0.29, 0.717) is 0 Å². The van der Waals surface area contributed by atoms with Crippen molar-refractivity contribution in [2.75, 3.05) is 0 Å². The van der Waals surface area contributed by atoms with Crippen LogP contribution in [0.4, 0.5) is 0 Å². The van der Waals surface area contributed by atoms with Crippen molar-refractivity contribution in [1.82, 2.24) is 15.1 Å². The Labute approximate surface area is 171 Å². The summed E-state index contributed by atoms with van der Waals surface area (Å²) < 4.78 is 1.97. The Hall–Kier alpha value is -2.89. The highest BCUT2D eigenvalue weighted by atomic mass is 16.4. The number of amides is 1. The van der Waals surface area contributed by atoms with Crippen molar-refractivity contribution in [2.45, 2.75) is 58.9 Å². The number of para-hydroxylation sites is 1. The SMILES string of the molecule is Cc1nn(-c2ccccc2)c(C)c1[C@@H]1C=C[C@@H](NC(=O)CC(C)(C)CC(=O)O)C1. The number of aromatic nitrogens is 2. The largest absolute Gasteiger partial charge is 0.481 e. The molecule has 2 aromatic rings. The third kappa shape index (κ3) is 4.94. The van der Waals surface area contributed by atoms with E-state index in [1.165, 1.54) is 5.56 Å². The Balaban J connectivity index is 1.66. The minimum absolute atomic E-state index is 0.0272. The number of nitrogens with one attached hydrogen (secondary N) is 1. The number of hydrogen-bond acceptors (Lipinski definition) is 3. The number of hydrogen-bond donors (Lipinski definition) is 2. The third-order valence-electron chi connectivity index (χ3n) is 5.42. The zero-order chi connectivity index (χ0) is 21.2. The summed E-state index contributed by atoms with van der Waals surface area (Å²) in [6.45, 7) is 7.71. The zero-order valence-corrected chi connectivity index (χ0v) is 17.5. The number of allylic oxidation sites excluding steroid dienone is 1. The monoisotopic (exact) mass is 395 g/mol. The van der Waals surface area contributed by atoms with Gasteiger partial charge in [0, 0.05) is 29.6 Å². The summed E-state index contributed by atoms with van der Waals surface area (Å²) in [7, 11) is 0. The summed E-state index contributed by atoms with van der Waals surface area (Å²) in [5.41, 5.74) is 3.77. The van der Waals surface area contributed by atoms with E-state index >= 15 is 0 Å². The van der Waals surface area contributed by atoms with Crippen molar-refractivity contribution in [3.05, 3.63) is 59.4 Å². The van der Waals surface area contributed by atoms with Crippen molar-refractivity contribution in [1.29, 1.82) is 0 Å². The first-order valence-electron chi connectivity index (χ1n) is 9.97. The maximum atomic E-state index is 12.4. The van der Waals surface area contributed by atoms with Gasteiger partial charge in [-0.1, -0.05) is 44.2 Å². The molecule has 0 radical (unpaired) electrons. The van der Waals surface area contributed by atoms with E-state index in [-0.39, 0.29) is 30.7 Å². The molecule has 1 heterocycles. The molecule has 0 saturated heterocycles. The molecule has 0 unspecified atom stereocenters. The highest BCUT2D eigenvalue weighted by molar-refractivity contribution is 5.78. The highest BCUT2D eigenvalue weighted by Gasteiger charge is 2.29. The lowest BCUT2D eigenvalue weighted by Gasteiger charge is -2.23.